The Balaban J connectivity index is 2.07. The average molecular weight is 275 g/mol. The van der Waals surface area contributed by atoms with Gasteiger partial charge in [-0.3, -0.25) is 4.98 Å². The number of hydrogen-bond acceptors (Lipinski definition) is 2. The molecule has 104 valence electrons. The zero-order chi connectivity index (χ0) is 14.5. The van der Waals surface area contributed by atoms with Gasteiger partial charge >= 0.3 is 0 Å². The topological polar surface area (TPSA) is 33.1 Å². The number of aromatic nitrogens is 1. The van der Waals surface area contributed by atoms with E-state index in [1.54, 1.807) is 6.20 Å². The standard InChI is InChI=1S/C19H17NO/c21-19(16-9-3-1-4-10-16,17-11-5-2-6-12-17)15-18-13-7-8-14-20-18/h1-14,21H,15H2. The van der Waals surface area contributed by atoms with Crippen LogP contribution in [-0.4, -0.2) is 10.1 Å². The zero-order valence-electron chi connectivity index (χ0n) is 11.7. The number of rotatable bonds is 4. The molecule has 2 nitrogen and oxygen atoms in total. The maximum Gasteiger partial charge on any atom is 0.120 e. The van der Waals surface area contributed by atoms with Crippen LogP contribution in [0.4, 0.5) is 0 Å². The third-order valence-electron chi connectivity index (χ3n) is 3.67. The lowest BCUT2D eigenvalue weighted by Gasteiger charge is -2.29. The Morgan fingerprint density at radius 1 is 0.714 bits per heavy atom. The van der Waals surface area contributed by atoms with E-state index in [0.29, 0.717) is 6.42 Å². The molecule has 2 aromatic carbocycles. The highest BCUT2D eigenvalue weighted by Crippen LogP contribution is 2.32. The second-order valence-electron chi connectivity index (χ2n) is 5.09. The summed E-state index contributed by atoms with van der Waals surface area (Å²) in [6, 6.07) is 25.3. The number of nitrogens with zero attached hydrogens (tertiary/aromatic N) is 1. The van der Waals surface area contributed by atoms with E-state index >= 15 is 0 Å². The van der Waals surface area contributed by atoms with Crippen LogP contribution < -0.4 is 0 Å². The average Bonchev–Trinajstić information content (AvgIpc) is 2.57. The molecule has 1 aromatic heterocycles. The first-order valence-electron chi connectivity index (χ1n) is 7.02. The van der Waals surface area contributed by atoms with E-state index in [4.69, 9.17) is 0 Å². The normalized spacial score (nSPS) is 11.3. The third kappa shape index (κ3) is 2.86. The predicted octanol–water partition coefficient (Wildman–Crippen LogP) is 3.56. The van der Waals surface area contributed by atoms with Crippen LogP contribution in [0.25, 0.3) is 0 Å². The van der Waals surface area contributed by atoms with Gasteiger partial charge in [-0.15, -0.1) is 0 Å². The molecule has 0 aliphatic carbocycles. The molecular formula is C19H17NO. The van der Waals surface area contributed by atoms with Crippen LogP contribution >= 0.6 is 0 Å². The minimum Gasteiger partial charge on any atom is -0.380 e. The van der Waals surface area contributed by atoms with Gasteiger partial charge in [0.05, 0.1) is 0 Å². The van der Waals surface area contributed by atoms with Gasteiger partial charge in [0.15, 0.2) is 0 Å². The van der Waals surface area contributed by atoms with Crippen molar-refractivity contribution in [2.45, 2.75) is 12.0 Å². The van der Waals surface area contributed by atoms with E-state index in [1.807, 2.05) is 78.9 Å². The second kappa shape index (κ2) is 5.90. The Morgan fingerprint density at radius 3 is 1.71 bits per heavy atom. The maximum atomic E-state index is 11.4. The van der Waals surface area contributed by atoms with E-state index in [-0.39, 0.29) is 0 Å². The molecule has 0 unspecified atom stereocenters. The fraction of sp³-hybridized carbons (Fsp3) is 0.105. The summed E-state index contributed by atoms with van der Waals surface area (Å²) in [6.07, 6.45) is 2.20. The molecule has 0 atom stereocenters. The molecule has 3 aromatic rings. The Labute approximate surface area is 124 Å². The Bertz CT molecular complexity index is 641. The van der Waals surface area contributed by atoms with Gasteiger partial charge in [-0.1, -0.05) is 66.7 Å². The van der Waals surface area contributed by atoms with Crippen molar-refractivity contribution in [2.75, 3.05) is 0 Å². The van der Waals surface area contributed by atoms with Crippen LogP contribution in [0.1, 0.15) is 16.8 Å². The van der Waals surface area contributed by atoms with Crippen LogP contribution in [0, 0.1) is 0 Å². The summed E-state index contributed by atoms with van der Waals surface area (Å²) in [6.45, 7) is 0. The fourth-order valence-corrected chi connectivity index (χ4v) is 2.56. The number of aliphatic hydroxyl groups is 1. The van der Waals surface area contributed by atoms with E-state index in [0.717, 1.165) is 16.8 Å². The van der Waals surface area contributed by atoms with E-state index in [2.05, 4.69) is 4.98 Å². The molecule has 0 saturated heterocycles. The van der Waals surface area contributed by atoms with E-state index in [1.165, 1.54) is 0 Å². The number of pyridine rings is 1. The van der Waals surface area contributed by atoms with Crippen molar-refractivity contribution in [3.63, 3.8) is 0 Å². The summed E-state index contributed by atoms with van der Waals surface area (Å²) in [4.78, 5) is 4.35. The van der Waals surface area contributed by atoms with Crippen molar-refractivity contribution in [3.8, 4) is 0 Å². The summed E-state index contributed by atoms with van der Waals surface area (Å²) >= 11 is 0. The summed E-state index contributed by atoms with van der Waals surface area (Å²) in [5, 5.41) is 11.4. The summed E-state index contributed by atoms with van der Waals surface area (Å²) in [5.74, 6) is 0. The van der Waals surface area contributed by atoms with E-state index in [9.17, 15) is 5.11 Å². The van der Waals surface area contributed by atoms with Crippen LogP contribution in [0.15, 0.2) is 85.1 Å². The lowest BCUT2D eigenvalue weighted by Crippen LogP contribution is -2.30. The van der Waals surface area contributed by atoms with Gasteiger partial charge in [0.25, 0.3) is 0 Å². The zero-order valence-corrected chi connectivity index (χ0v) is 11.7. The molecule has 0 aliphatic rings. The minimum absolute atomic E-state index is 0.446. The molecule has 0 fully saturated rings. The molecule has 0 bridgehead atoms. The molecule has 21 heavy (non-hydrogen) atoms. The molecular weight excluding hydrogens is 258 g/mol. The Morgan fingerprint density at radius 2 is 1.24 bits per heavy atom. The molecule has 2 heteroatoms. The molecule has 1 heterocycles. The van der Waals surface area contributed by atoms with Gasteiger partial charge in [0, 0.05) is 18.3 Å². The van der Waals surface area contributed by atoms with Crippen molar-refractivity contribution in [1.29, 1.82) is 0 Å². The lowest BCUT2D eigenvalue weighted by molar-refractivity contribution is 0.0800. The molecule has 3 rings (SSSR count). The lowest BCUT2D eigenvalue weighted by atomic mass is 9.82. The summed E-state index contributed by atoms with van der Waals surface area (Å²) in [7, 11) is 0. The summed E-state index contributed by atoms with van der Waals surface area (Å²) < 4.78 is 0. The van der Waals surface area contributed by atoms with Crippen LogP contribution in [0.5, 0.6) is 0 Å². The third-order valence-corrected chi connectivity index (χ3v) is 3.67. The van der Waals surface area contributed by atoms with E-state index < -0.39 is 5.60 Å². The molecule has 0 saturated carbocycles. The predicted molar refractivity (Wildman–Crippen MR) is 83.8 cm³/mol. The van der Waals surface area contributed by atoms with Gasteiger partial charge in [0.2, 0.25) is 0 Å². The van der Waals surface area contributed by atoms with Gasteiger partial charge in [0.1, 0.15) is 5.60 Å². The van der Waals surface area contributed by atoms with Crippen molar-refractivity contribution < 1.29 is 5.11 Å². The number of benzene rings is 2. The maximum absolute atomic E-state index is 11.4. The van der Waals surface area contributed by atoms with Crippen LogP contribution in [0.2, 0.25) is 0 Å². The molecule has 0 spiro atoms. The Hall–Kier alpha value is -2.45. The first-order valence-corrected chi connectivity index (χ1v) is 7.02. The van der Waals surface area contributed by atoms with Gasteiger partial charge in [-0.25, -0.2) is 0 Å². The van der Waals surface area contributed by atoms with Crippen molar-refractivity contribution in [1.82, 2.24) is 4.98 Å². The van der Waals surface area contributed by atoms with Crippen molar-refractivity contribution >= 4 is 0 Å². The highest BCUT2D eigenvalue weighted by atomic mass is 16.3. The second-order valence-corrected chi connectivity index (χ2v) is 5.09. The van der Waals surface area contributed by atoms with Crippen molar-refractivity contribution in [3.05, 3.63) is 102 Å². The molecule has 0 aliphatic heterocycles. The Kier molecular flexibility index (Phi) is 3.80. The van der Waals surface area contributed by atoms with Crippen LogP contribution in [0.3, 0.4) is 0 Å². The minimum atomic E-state index is -1.07. The highest BCUT2D eigenvalue weighted by molar-refractivity contribution is 5.37. The first-order chi connectivity index (χ1) is 10.3. The highest BCUT2D eigenvalue weighted by Gasteiger charge is 2.31. The molecule has 1 N–H and O–H groups in total. The SMILES string of the molecule is OC(Cc1ccccn1)(c1ccccc1)c1ccccc1. The van der Waals surface area contributed by atoms with Gasteiger partial charge in [-0.2, -0.15) is 0 Å². The number of hydrogen-bond donors (Lipinski definition) is 1. The van der Waals surface area contributed by atoms with Crippen molar-refractivity contribution in [2.24, 2.45) is 0 Å². The van der Waals surface area contributed by atoms with Gasteiger partial charge < -0.3 is 5.11 Å². The van der Waals surface area contributed by atoms with Gasteiger partial charge in [-0.05, 0) is 23.3 Å². The largest absolute Gasteiger partial charge is 0.380 e. The smallest absolute Gasteiger partial charge is 0.120 e. The first kappa shape index (κ1) is 13.5. The quantitative estimate of drug-likeness (QED) is 0.789. The fourth-order valence-electron chi connectivity index (χ4n) is 2.56. The van der Waals surface area contributed by atoms with Crippen LogP contribution in [-0.2, 0) is 12.0 Å². The molecule has 0 amide bonds. The summed E-state index contributed by atoms with van der Waals surface area (Å²) in [5.41, 5.74) is 1.55. The molecule has 0 radical (unpaired) electrons. The monoisotopic (exact) mass is 275 g/mol.